The minimum Gasteiger partial charge on any atom is -0.352 e. The Bertz CT molecular complexity index is 838. The lowest BCUT2D eigenvalue weighted by Gasteiger charge is -2.19. The Kier molecular flexibility index (Phi) is 5.46. The summed E-state index contributed by atoms with van der Waals surface area (Å²) in [4.78, 5) is 18.2. The number of carbonyl (C=O) groups excluding carboxylic acids is 1. The van der Waals surface area contributed by atoms with Crippen LogP contribution in [0.4, 0.5) is 14.5 Å². The monoisotopic (exact) mass is 358 g/mol. The number of hydrogen-bond donors (Lipinski definition) is 2. The number of para-hydroxylation sites is 1. The number of nitrogens with one attached hydrogen (secondary N) is 2. The molecular formula is C19H20F2N4O. The predicted octanol–water partition coefficient (Wildman–Crippen LogP) is 2.22. The van der Waals surface area contributed by atoms with Gasteiger partial charge in [-0.25, -0.2) is 8.78 Å². The van der Waals surface area contributed by atoms with Crippen molar-refractivity contribution in [2.45, 2.75) is 13.0 Å². The van der Waals surface area contributed by atoms with E-state index in [0.29, 0.717) is 12.5 Å². The molecule has 2 aromatic carbocycles. The Morgan fingerprint density at radius 2 is 2.00 bits per heavy atom. The average molecular weight is 358 g/mol. The molecule has 2 N–H and O–H groups in total. The van der Waals surface area contributed by atoms with Crippen LogP contribution < -0.4 is 15.5 Å². The number of carbonyl (C=O) groups is 1. The maximum Gasteiger partial charge on any atom is 0.246 e. The van der Waals surface area contributed by atoms with E-state index in [1.807, 2.05) is 24.3 Å². The van der Waals surface area contributed by atoms with Crippen molar-refractivity contribution in [3.63, 3.8) is 0 Å². The molecule has 0 saturated carbocycles. The van der Waals surface area contributed by atoms with Gasteiger partial charge in [0.15, 0.2) is 5.96 Å². The van der Waals surface area contributed by atoms with E-state index in [4.69, 9.17) is 0 Å². The van der Waals surface area contributed by atoms with Crippen LogP contribution >= 0.6 is 0 Å². The first-order valence-electron chi connectivity index (χ1n) is 8.35. The first-order valence-corrected chi connectivity index (χ1v) is 8.35. The fourth-order valence-corrected chi connectivity index (χ4v) is 2.93. The van der Waals surface area contributed by atoms with Crippen LogP contribution in [0.3, 0.4) is 0 Å². The minimum absolute atomic E-state index is 0.0552. The smallest absolute Gasteiger partial charge is 0.246 e. The molecule has 5 nitrogen and oxygen atoms in total. The molecule has 0 radical (unpaired) electrons. The van der Waals surface area contributed by atoms with Crippen LogP contribution in [0.15, 0.2) is 47.5 Å². The van der Waals surface area contributed by atoms with Gasteiger partial charge in [0, 0.05) is 31.4 Å². The number of benzene rings is 2. The van der Waals surface area contributed by atoms with Crippen LogP contribution in [0.1, 0.15) is 11.1 Å². The van der Waals surface area contributed by atoms with E-state index in [1.54, 1.807) is 11.9 Å². The largest absolute Gasteiger partial charge is 0.352 e. The molecule has 0 bridgehead atoms. The molecule has 136 valence electrons. The molecule has 0 aliphatic carbocycles. The summed E-state index contributed by atoms with van der Waals surface area (Å²) in [5.41, 5.74) is 2.28. The van der Waals surface area contributed by atoms with Gasteiger partial charge >= 0.3 is 0 Å². The van der Waals surface area contributed by atoms with Gasteiger partial charge in [0.05, 0.1) is 6.54 Å². The van der Waals surface area contributed by atoms with Gasteiger partial charge in [-0.1, -0.05) is 18.2 Å². The molecule has 1 aliphatic heterocycles. The first-order chi connectivity index (χ1) is 12.6. The van der Waals surface area contributed by atoms with E-state index in [2.05, 4.69) is 15.6 Å². The maximum atomic E-state index is 13.7. The molecule has 1 amide bonds. The lowest BCUT2D eigenvalue weighted by molar-refractivity contribution is -0.117. The Hall–Kier alpha value is -2.96. The molecule has 0 unspecified atom stereocenters. The summed E-state index contributed by atoms with van der Waals surface area (Å²) in [7, 11) is 1.55. The summed E-state index contributed by atoms with van der Waals surface area (Å²) in [6.07, 6.45) is 0.841. The zero-order valence-electron chi connectivity index (χ0n) is 14.4. The predicted molar refractivity (Wildman–Crippen MR) is 97.1 cm³/mol. The van der Waals surface area contributed by atoms with Gasteiger partial charge in [-0.15, -0.1) is 0 Å². The van der Waals surface area contributed by atoms with Crippen LogP contribution in [-0.2, 0) is 17.8 Å². The number of amides is 1. The molecule has 3 rings (SSSR count). The van der Waals surface area contributed by atoms with Crippen LogP contribution in [0.25, 0.3) is 0 Å². The summed E-state index contributed by atoms with van der Waals surface area (Å²) in [5, 5.41) is 5.79. The van der Waals surface area contributed by atoms with Crippen molar-refractivity contribution in [2.75, 3.05) is 25.0 Å². The third-order valence-corrected chi connectivity index (χ3v) is 4.27. The first kappa shape index (κ1) is 17.8. The zero-order valence-corrected chi connectivity index (χ0v) is 14.4. The second-order valence-electron chi connectivity index (χ2n) is 5.94. The van der Waals surface area contributed by atoms with Crippen molar-refractivity contribution in [3.8, 4) is 0 Å². The molecule has 0 spiro atoms. The van der Waals surface area contributed by atoms with E-state index in [9.17, 15) is 13.6 Å². The Morgan fingerprint density at radius 1 is 1.19 bits per heavy atom. The van der Waals surface area contributed by atoms with Gasteiger partial charge in [-0.3, -0.25) is 9.79 Å². The fraction of sp³-hybridized carbons (Fsp3) is 0.263. The van der Waals surface area contributed by atoms with Gasteiger partial charge in [-0.2, -0.15) is 0 Å². The molecule has 1 aliphatic rings. The van der Waals surface area contributed by atoms with Crippen molar-refractivity contribution < 1.29 is 13.6 Å². The normalized spacial score (nSPS) is 13.5. The third-order valence-electron chi connectivity index (χ3n) is 4.27. The number of anilines is 1. The highest BCUT2D eigenvalue weighted by molar-refractivity contribution is 5.98. The Labute approximate surface area is 150 Å². The van der Waals surface area contributed by atoms with Crippen molar-refractivity contribution >= 4 is 17.6 Å². The number of nitrogens with zero attached hydrogens (tertiary/aromatic N) is 2. The van der Waals surface area contributed by atoms with Crippen molar-refractivity contribution in [2.24, 2.45) is 4.99 Å². The number of rotatable bonds is 4. The molecule has 26 heavy (non-hydrogen) atoms. The number of aliphatic imine (C=N–C) groups is 1. The van der Waals surface area contributed by atoms with Crippen LogP contribution in [0.5, 0.6) is 0 Å². The molecule has 0 fully saturated rings. The lowest BCUT2D eigenvalue weighted by Crippen LogP contribution is -2.44. The number of halogens is 2. The van der Waals surface area contributed by atoms with Gasteiger partial charge < -0.3 is 15.5 Å². The van der Waals surface area contributed by atoms with Crippen molar-refractivity contribution in [3.05, 3.63) is 65.2 Å². The van der Waals surface area contributed by atoms with Gasteiger partial charge in [-0.05, 0) is 36.2 Å². The highest BCUT2D eigenvalue weighted by Crippen LogP contribution is 2.27. The van der Waals surface area contributed by atoms with E-state index in [1.165, 1.54) is 0 Å². The molecule has 7 heteroatoms. The summed E-state index contributed by atoms with van der Waals surface area (Å²) in [5.74, 6) is -0.738. The third kappa shape index (κ3) is 3.99. The van der Waals surface area contributed by atoms with E-state index >= 15 is 0 Å². The van der Waals surface area contributed by atoms with E-state index in [-0.39, 0.29) is 24.6 Å². The zero-order chi connectivity index (χ0) is 18.5. The van der Waals surface area contributed by atoms with Crippen LogP contribution in [-0.4, -0.2) is 32.0 Å². The molecule has 1 heterocycles. The second kappa shape index (κ2) is 7.95. The highest BCUT2D eigenvalue weighted by atomic mass is 19.1. The fourth-order valence-electron chi connectivity index (χ4n) is 2.93. The quantitative estimate of drug-likeness (QED) is 0.651. The molecule has 0 saturated heterocycles. The van der Waals surface area contributed by atoms with Crippen molar-refractivity contribution in [1.29, 1.82) is 0 Å². The summed E-state index contributed by atoms with van der Waals surface area (Å²) < 4.78 is 26.9. The van der Waals surface area contributed by atoms with Gasteiger partial charge in [0.2, 0.25) is 5.91 Å². The maximum absolute atomic E-state index is 13.7. The standard InChI is InChI=1S/C19H20F2N4O/c1-22-19(23-11-14-10-15(20)6-7-16(14)21)24-12-18(26)25-9-8-13-4-2-3-5-17(13)25/h2-7,10H,8-9,11-12H2,1H3,(H2,22,23,24). The lowest BCUT2D eigenvalue weighted by atomic mass is 10.2. The summed E-state index contributed by atoms with van der Waals surface area (Å²) >= 11 is 0. The number of guanidine groups is 1. The van der Waals surface area contributed by atoms with Crippen LogP contribution in [0, 0.1) is 11.6 Å². The number of hydrogen-bond acceptors (Lipinski definition) is 2. The Morgan fingerprint density at radius 3 is 2.81 bits per heavy atom. The highest BCUT2D eigenvalue weighted by Gasteiger charge is 2.23. The topological polar surface area (TPSA) is 56.7 Å². The van der Waals surface area contributed by atoms with E-state index in [0.717, 1.165) is 35.9 Å². The van der Waals surface area contributed by atoms with Gasteiger partial charge in [0.25, 0.3) is 0 Å². The molecule has 0 aromatic heterocycles. The van der Waals surface area contributed by atoms with Gasteiger partial charge in [0.1, 0.15) is 11.6 Å². The molecular weight excluding hydrogens is 338 g/mol. The molecule has 2 aromatic rings. The minimum atomic E-state index is -0.506. The van der Waals surface area contributed by atoms with Crippen LogP contribution in [0.2, 0.25) is 0 Å². The average Bonchev–Trinajstić information content (AvgIpc) is 3.08. The summed E-state index contributed by atoms with van der Waals surface area (Å²) in [6, 6.07) is 11.1. The van der Waals surface area contributed by atoms with E-state index < -0.39 is 11.6 Å². The number of fused-ring (bicyclic) bond motifs is 1. The Balaban J connectivity index is 1.55. The SMILES string of the molecule is CN=C(NCC(=O)N1CCc2ccccc21)NCc1cc(F)ccc1F. The second-order valence-corrected chi connectivity index (χ2v) is 5.94. The van der Waals surface area contributed by atoms with Crippen molar-refractivity contribution in [1.82, 2.24) is 10.6 Å². The molecule has 0 atom stereocenters. The summed E-state index contributed by atoms with van der Waals surface area (Å²) in [6.45, 7) is 0.768.